The van der Waals surface area contributed by atoms with Gasteiger partial charge in [0.1, 0.15) is 11.6 Å². The first kappa shape index (κ1) is 13.2. The van der Waals surface area contributed by atoms with Gasteiger partial charge in [-0.2, -0.15) is 4.98 Å². The number of nitrogens with zero attached hydrogens (tertiary/aromatic N) is 2. The second kappa shape index (κ2) is 6.67. The lowest BCUT2D eigenvalue weighted by atomic mass is 10.4. The van der Waals surface area contributed by atoms with Gasteiger partial charge in [0, 0.05) is 12.6 Å². The van der Waals surface area contributed by atoms with Crippen molar-refractivity contribution in [2.45, 2.75) is 20.3 Å². The number of rotatable bonds is 6. The maximum absolute atomic E-state index is 11.4. The number of nitrogens with one attached hydrogen (secondary N) is 2. The SMILES string of the molecule is CCCNC(=O)CNc1cc(OC)nc(C)n1. The van der Waals surface area contributed by atoms with Crippen molar-refractivity contribution in [2.75, 3.05) is 25.5 Å². The van der Waals surface area contributed by atoms with Crippen molar-refractivity contribution < 1.29 is 9.53 Å². The minimum Gasteiger partial charge on any atom is -0.481 e. The van der Waals surface area contributed by atoms with Gasteiger partial charge in [0.05, 0.1) is 13.7 Å². The molecule has 17 heavy (non-hydrogen) atoms. The summed E-state index contributed by atoms with van der Waals surface area (Å²) in [6.45, 7) is 4.66. The van der Waals surface area contributed by atoms with Crippen molar-refractivity contribution in [1.82, 2.24) is 15.3 Å². The minimum absolute atomic E-state index is 0.0536. The zero-order valence-electron chi connectivity index (χ0n) is 10.4. The van der Waals surface area contributed by atoms with Crippen molar-refractivity contribution in [1.29, 1.82) is 0 Å². The van der Waals surface area contributed by atoms with E-state index in [9.17, 15) is 4.79 Å². The van der Waals surface area contributed by atoms with E-state index in [0.29, 0.717) is 24.1 Å². The highest BCUT2D eigenvalue weighted by Crippen LogP contribution is 2.11. The number of ether oxygens (including phenoxy) is 1. The van der Waals surface area contributed by atoms with Gasteiger partial charge in [-0.25, -0.2) is 4.98 Å². The Morgan fingerprint density at radius 1 is 1.47 bits per heavy atom. The molecule has 1 rings (SSSR count). The summed E-state index contributed by atoms with van der Waals surface area (Å²) in [5.74, 6) is 1.61. The number of amides is 1. The summed E-state index contributed by atoms with van der Waals surface area (Å²) in [7, 11) is 1.54. The molecule has 6 heteroatoms. The third-order valence-corrected chi connectivity index (χ3v) is 2.03. The quantitative estimate of drug-likeness (QED) is 0.764. The lowest BCUT2D eigenvalue weighted by Crippen LogP contribution is -2.30. The van der Waals surface area contributed by atoms with Gasteiger partial charge in [-0.1, -0.05) is 6.92 Å². The van der Waals surface area contributed by atoms with Crippen LogP contribution in [0.3, 0.4) is 0 Å². The molecule has 0 saturated carbocycles. The Labute approximate surface area is 101 Å². The van der Waals surface area contributed by atoms with Crippen LogP contribution < -0.4 is 15.4 Å². The predicted octanol–water partition coefficient (Wildman–Crippen LogP) is 0.732. The average Bonchev–Trinajstić information content (AvgIpc) is 2.33. The van der Waals surface area contributed by atoms with Gasteiger partial charge in [-0.15, -0.1) is 0 Å². The van der Waals surface area contributed by atoms with Gasteiger partial charge >= 0.3 is 0 Å². The van der Waals surface area contributed by atoms with Crippen LogP contribution in [0, 0.1) is 6.92 Å². The molecular weight excluding hydrogens is 220 g/mol. The maximum atomic E-state index is 11.4. The molecule has 1 aromatic heterocycles. The van der Waals surface area contributed by atoms with Crippen molar-refractivity contribution in [3.05, 3.63) is 11.9 Å². The number of carbonyl (C=O) groups is 1. The van der Waals surface area contributed by atoms with Crippen LogP contribution in [0.1, 0.15) is 19.2 Å². The summed E-state index contributed by atoms with van der Waals surface area (Å²) in [6, 6.07) is 1.65. The molecule has 0 saturated heterocycles. The molecule has 0 fully saturated rings. The Balaban J connectivity index is 2.51. The fourth-order valence-electron chi connectivity index (χ4n) is 1.23. The van der Waals surface area contributed by atoms with Crippen molar-refractivity contribution in [2.24, 2.45) is 0 Å². The number of aryl methyl sites for hydroxylation is 1. The van der Waals surface area contributed by atoms with E-state index in [0.717, 1.165) is 6.42 Å². The molecule has 0 aromatic carbocycles. The molecule has 94 valence electrons. The number of anilines is 1. The number of aromatic nitrogens is 2. The van der Waals surface area contributed by atoms with Crippen molar-refractivity contribution >= 4 is 11.7 Å². The number of hydrogen-bond acceptors (Lipinski definition) is 5. The molecule has 0 aliphatic rings. The van der Waals surface area contributed by atoms with Gasteiger partial charge in [-0.3, -0.25) is 4.79 Å². The summed E-state index contributed by atoms with van der Waals surface area (Å²) < 4.78 is 5.02. The lowest BCUT2D eigenvalue weighted by molar-refractivity contribution is -0.119. The predicted molar refractivity (Wildman–Crippen MR) is 65.1 cm³/mol. The zero-order valence-corrected chi connectivity index (χ0v) is 10.4. The van der Waals surface area contributed by atoms with Crippen LogP contribution in [0.5, 0.6) is 5.88 Å². The zero-order chi connectivity index (χ0) is 12.7. The first-order chi connectivity index (χ1) is 8.15. The molecule has 1 heterocycles. The first-order valence-corrected chi connectivity index (χ1v) is 5.56. The van der Waals surface area contributed by atoms with Crippen LogP contribution in [0.4, 0.5) is 5.82 Å². The molecule has 6 nitrogen and oxygen atoms in total. The molecule has 2 N–H and O–H groups in total. The second-order valence-corrected chi connectivity index (χ2v) is 3.55. The minimum atomic E-state index is -0.0536. The fraction of sp³-hybridized carbons (Fsp3) is 0.545. The molecule has 0 spiro atoms. The highest BCUT2D eigenvalue weighted by atomic mass is 16.5. The van der Waals surface area contributed by atoms with Crippen LogP contribution in [-0.2, 0) is 4.79 Å². The summed E-state index contributed by atoms with van der Waals surface area (Å²) in [4.78, 5) is 19.6. The first-order valence-electron chi connectivity index (χ1n) is 5.56. The van der Waals surface area contributed by atoms with Crippen LogP contribution in [-0.4, -0.2) is 36.1 Å². The standard InChI is InChI=1S/C11H18N4O2/c1-4-5-12-10(16)7-13-9-6-11(17-3)15-8(2)14-9/h6H,4-5,7H2,1-3H3,(H,12,16)(H,13,14,15). The summed E-state index contributed by atoms with van der Waals surface area (Å²) in [5.41, 5.74) is 0. The van der Waals surface area contributed by atoms with E-state index in [1.807, 2.05) is 6.92 Å². The Morgan fingerprint density at radius 3 is 2.88 bits per heavy atom. The Morgan fingerprint density at radius 2 is 2.24 bits per heavy atom. The van der Waals surface area contributed by atoms with E-state index >= 15 is 0 Å². The monoisotopic (exact) mass is 238 g/mol. The molecule has 0 aliphatic heterocycles. The van der Waals surface area contributed by atoms with E-state index < -0.39 is 0 Å². The Hall–Kier alpha value is -1.85. The van der Waals surface area contributed by atoms with Crippen LogP contribution >= 0.6 is 0 Å². The summed E-state index contributed by atoms with van der Waals surface area (Å²) >= 11 is 0. The largest absolute Gasteiger partial charge is 0.481 e. The lowest BCUT2D eigenvalue weighted by Gasteiger charge is -2.08. The third-order valence-electron chi connectivity index (χ3n) is 2.03. The molecule has 1 amide bonds. The van der Waals surface area contributed by atoms with Crippen molar-refractivity contribution in [3.63, 3.8) is 0 Å². The van der Waals surface area contributed by atoms with Crippen LogP contribution in [0.25, 0.3) is 0 Å². The van der Waals surface area contributed by atoms with Crippen LogP contribution in [0.15, 0.2) is 6.07 Å². The van der Waals surface area contributed by atoms with Gasteiger partial charge in [-0.05, 0) is 13.3 Å². The van der Waals surface area contributed by atoms with Gasteiger partial charge in [0.15, 0.2) is 0 Å². The Kier molecular flexibility index (Phi) is 5.19. The topological polar surface area (TPSA) is 76.1 Å². The van der Waals surface area contributed by atoms with Gasteiger partial charge in [0.2, 0.25) is 11.8 Å². The molecule has 0 radical (unpaired) electrons. The number of carbonyl (C=O) groups excluding carboxylic acids is 1. The number of hydrogen-bond donors (Lipinski definition) is 2. The second-order valence-electron chi connectivity index (χ2n) is 3.55. The van der Waals surface area contributed by atoms with E-state index in [4.69, 9.17) is 4.74 Å². The molecule has 0 bridgehead atoms. The maximum Gasteiger partial charge on any atom is 0.239 e. The Bertz CT molecular complexity index is 382. The molecule has 0 aliphatic carbocycles. The normalized spacial score (nSPS) is 9.82. The highest BCUT2D eigenvalue weighted by Gasteiger charge is 2.04. The average molecular weight is 238 g/mol. The molecule has 0 atom stereocenters. The van der Waals surface area contributed by atoms with Gasteiger partial charge in [0.25, 0.3) is 0 Å². The molecule has 1 aromatic rings. The third kappa shape index (κ3) is 4.67. The smallest absolute Gasteiger partial charge is 0.239 e. The fourth-order valence-corrected chi connectivity index (χ4v) is 1.23. The van der Waals surface area contributed by atoms with E-state index in [1.165, 1.54) is 0 Å². The summed E-state index contributed by atoms with van der Waals surface area (Å²) in [6.07, 6.45) is 0.923. The highest BCUT2D eigenvalue weighted by molar-refractivity contribution is 5.80. The van der Waals surface area contributed by atoms with E-state index in [2.05, 4.69) is 20.6 Å². The van der Waals surface area contributed by atoms with Crippen LogP contribution in [0.2, 0.25) is 0 Å². The summed E-state index contributed by atoms with van der Waals surface area (Å²) in [5, 5.41) is 5.70. The van der Waals surface area contributed by atoms with Crippen molar-refractivity contribution in [3.8, 4) is 5.88 Å². The van der Waals surface area contributed by atoms with E-state index in [1.54, 1.807) is 20.1 Å². The molecule has 0 unspecified atom stereocenters. The van der Waals surface area contributed by atoms with E-state index in [-0.39, 0.29) is 12.5 Å². The molecular formula is C11H18N4O2. The number of methoxy groups -OCH3 is 1. The van der Waals surface area contributed by atoms with Gasteiger partial charge < -0.3 is 15.4 Å².